The van der Waals surface area contributed by atoms with Gasteiger partial charge in [-0.2, -0.15) is 0 Å². The van der Waals surface area contributed by atoms with Crippen molar-refractivity contribution >= 4 is 61.1 Å². The lowest BCUT2D eigenvalue weighted by atomic mass is 10.1. The van der Waals surface area contributed by atoms with E-state index in [-0.39, 0.29) is 9.92 Å². The lowest BCUT2D eigenvalue weighted by Gasteiger charge is -2.31. The second kappa shape index (κ2) is 8.63. The molecule has 0 spiro atoms. The predicted molar refractivity (Wildman–Crippen MR) is 121 cm³/mol. The van der Waals surface area contributed by atoms with Gasteiger partial charge in [-0.15, -0.1) is 11.3 Å². The van der Waals surface area contributed by atoms with Crippen molar-refractivity contribution in [3.05, 3.63) is 62.7 Å². The summed E-state index contributed by atoms with van der Waals surface area (Å²) in [6.07, 6.45) is 0.877. The van der Waals surface area contributed by atoms with Gasteiger partial charge in [0.1, 0.15) is 5.82 Å². The molecule has 0 saturated carbocycles. The Bertz CT molecular complexity index is 1170. The predicted octanol–water partition coefficient (Wildman–Crippen LogP) is 6.35. The topological polar surface area (TPSA) is 50.3 Å². The number of piperidine rings is 1. The van der Waals surface area contributed by atoms with E-state index in [1.165, 1.54) is 17.4 Å². The molecule has 158 valence electrons. The van der Waals surface area contributed by atoms with E-state index in [1.54, 1.807) is 18.2 Å². The average Bonchev–Trinajstić information content (AvgIpc) is 3.17. The van der Waals surface area contributed by atoms with Crippen molar-refractivity contribution in [1.29, 1.82) is 0 Å². The van der Waals surface area contributed by atoms with Gasteiger partial charge in [0.25, 0.3) is 0 Å². The lowest BCUT2D eigenvalue weighted by molar-refractivity contribution is 0.529. The van der Waals surface area contributed by atoms with Crippen LogP contribution in [0.15, 0.2) is 46.7 Å². The first kappa shape index (κ1) is 21.8. The number of thiazole rings is 1. The number of aromatic nitrogens is 1. The second-order valence-electron chi connectivity index (χ2n) is 6.98. The molecule has 0 aliphatic carbocycles. The van der Waals surface area contributed by atoms with E-state index in [9.17, 15) is 12.8 Å². The maximum absolute atomic E-state index is 13.3. The molecular formula is C20H16Cl3FN2O2S2. The fraction of sp³-hybridized carbons (Fsp3) is 0.250. The van der Waals surface area contributed by atoms with E-state index in [4.69, 9.17) is 34.8 Å². The van der Waals surface area contributed by atoms with E-state index in [1.807, 2.05) is 5.38 Å². The summed E-state index contributed by atoms with van der Waals surface area (Å²) in [7, 11) is -3.63. The molecule has 0 bridgehead atoms. The molecule has 0 unspecified atom stereocenters. The van der Waals surface area contributed by atoms with Crippen LogP contribution in [0, 0.1) is 5.82 Å². The number of halogens is 4. The highest BCUT2D eigenvalue weighted by molar-refractivity contribution is 7.92. The van der Waals surface area contributed by atoms with Crippen LogP contribution in [-0.2, 0) is 9.84 Å². The zero-order chi connectivity index (χ0) is 21.5. The van der Waals surface area contributed by atoms with Gasteiger partial charge in [0.2, 0.25) is 0 Å². The molecule has 10 heteroatoms. The standard InChI is InChI=1S/C20H16Cl3FN2O2S2/c21-13-7-12(8-14(22)9-13)18-11-29-20(25-18)26-5-3-16(4-6-26)30(27,28)19-2-1-15(24)10-17(19)23/h1-2,7-11,16H,3-6H2. The molecule has 1 saturated heterocycles. The van der Waals surface area contributed by atoms with Gasteiger partial charge >= 0.3 is 0 Å². The summed E-state index contributed by atoms with van der Waals surface area (Å²) in [4.78, 5) is 6.72. The molecular weight excluding hydrogens is 490 g/mol. The maximum Gasteiger partial charge on any atom is 0.185 e. The van der Waals surface area contributed by atoms with Gasteiger partial charge in [0.05, 0.1) is 20.9 Å². The molecule has 1 aliphatic heterocycles. The molecule has 3 aromatic rings. The second-order valence-corrected chi connectivity index (χ2v) is 11.3. The first-order chi connectivity index (χ1) is 14.2. The number of benzene rings is 2. The van der Waals surface area contributed by atoms with Gasteiger partial charge < -0.3 is 4.90 Å². The summed E-state index contributed by atoms with van der Waals surface area (Å²) >= 11 is 19.6. The summed E-state index contributed by atoms with van der Waals surface area (Å²) in [5.74, 6) is -0.561. The number of rotatable bonds is 4. The number of hydrogen-bond donors (Lipinski definition) is 0. The fourth-order valence-corrected chi connectivity index (χ4v) is 7.17. The van der Waals surface area contributed by atoms with Crippen LogP contribution < -0.4 is 4.90 Å². The molecule has 1 aromatic heterocycles. The Kier molecular flexibility index (Phi) is 6.28. The van der Waals surface area contributed by atoms with Crippen molar-refractivity contribution in [3.8, 4) is 11.3 Å². The molecule has 4 rings (SSSR count). The first-order valence-corrected chi connectivity index (χ1v) is 12.7. The molecule has 30 heavy (non-hydrogen) atoms. The molecule has 4 nitrogen and oxygen atoms in total. The molecule has 1 aliphatic rings. The third-order valence-electron chi connectivity index (χ3n) is 5.00. The Morgan fingerprint density at radius 3 is 2.33 bits per heavy atom. The Labute approximate surface area is 193 Å². The minimum Gasteiger partial charge on any atom is -0.348 e. The fourth-order valence-electron chi connectivity index (χ4n) is 3.49. The van der Waals surface area contributed by atoms with Crippen molar-refractivity contribution in [2.24, 2.45) is 0 Å². The zero-order valence-electron chi connectivity index (χ0n) is 15.5. The van der Waals surface area contributed by atoms with Gasteiger partial charge in [-0.3, -0.25) is 0 Å². The van der Waals surface area contributed by atoms with Crippen LogP contribution in [0.4, 0.5) is 9.52 Å². The average molecular weight is 506 g/mol. The van der Waals surface area contributed by atoms with Crippen molar-refractivity contribution in [2.75, 3.05) is 18.0 Å². The summed E-state index contributed by atoms with van der Waals surface area (Å²) in [5.41, 5.74) is 1.60. The molecule has 2 heterocycles. The molecule has 0 amide bonds. The van der Waals surface area contributed by atoms with E-state index in [2.05, 4.69) is 9.88 Å². The van der Waals surface area contributed by atoms with Crippen LogP contribution in [0.1, 0.15) is 12.8 Å². The normalized spacial score (nSPS) is 15.5. The van der Waals surface area contributed by atoms with Crippen LogP contribution in [0.2, 0.25) is 15.1 Å². The maximum atomic E-state index is 13.3. The summed E-state index contributed by atoms with van der Waals surface area (Å²) in [6.45, 7) is 1.10. The van der Waals surface area contributed by atoms with E-state index >= 15 is 0 Å². The van der Waals surface area contributed by atoms with E-state index in [0.29, 0.717) is 36.0 Å². The minimum absolute atomic E-state index is 0.0154. The van der Waals surface area contributed by atoms with E-state index < -0.39 is 20.9 Å². The van der Waals surface area contributed by atoms with Gasteiger partial charge in [-0.1, -0.05) is 34.8 Å². The first-order valence-electron chi connectivity index (χ1n) is 9.10. The summed E-state index contributed by atoms with van der Waals surface area (Å²) < 4.78 is 39.2. The number of sulfone groups is 1. The van der Waals surface area contributed by atoms with Crippen molar-refractivity contribution in [3.63, 3.8) is 0 Å². The zero-order valence-corrected chi connectivity index (χ0v) is 19.4. The molecule has 0 radical (unpaired) electrons. The SMILES string of the molecule is O=S(=O)(c1ccc(F)cc1Cl)C1CCN(c2nc(-c3cc(Cl)cc(Cl)c3)cs2)CC1. The summed E-state index contributed by atoms with van der Waals surface area (Å²) in [5, 5.41) is 3.18. The van der Waals surface area contributed by atoms with Gasteiger partial charge in [-0.25, -0.2) is 17.8 Å². The van der Waals surface area contributed by atoms with Crippen molar-refractivity contribution in [2.45, 2.75) is 23.0 Å². The quantitative estimate of drug-likeness (QED) is 0.388. The highest BCUT2D eigenvalue weighted by atomic mass is 35.5. The minimum atomic E-state index is -3.63. The van der Waals surface area contributed by atoms with Crippen LogP contribution in [0.5, 0.6) is 0 Å². The lowest BCUT2D eigenvalue weighted by Crippen LogP contribution is -2.39. The number of hydrogen-bond acceptors (Lipinski definition) is 5. The van der Waals surface area contributed by atoms with Crippen molar-refractivity contribution < 1.29 is 12.8 Å². The van der Waals surface area contributed by atoms with Crippen LogP contribution >= 0.6 is 46.1 Å². The Morgan fingerprint density at radius 1 is 1.03 bits per heavy atom. The van der Waals surface area contributed by atoms with Gasteiger partial charge in [0.15, 0.2) is 15.0 Å². The summed E-state index contributed by atoms with van der Waals surface area (Å²) in [6, 6.07) is 8.66. The highest BCUT2D eigenvalue weighted by Gasteiger charge is 2.33. The van der Waals surface area contributed by atoms with E-state index in [0.717, 1.165) is 28.5 Å². The third kappa shape index (κ3) is 4.46. The molecule has 0 atom stereocenters. The third-order valence-corrected chi connectivity index (χ3v) is 9.08. The number of nitrogens with zero attached hydrogens (tertiary/aromatic N) is 2. The van der Waals surface area contributed by atoms with Crippen LogP contribution in [0.3, 0.4) is 0 Å². The van der Waals surface area contributed by atoms with Crippen LogP contribution in [0.25, 0.3) is 11.3 Å². The molecule has 1 fully saturated rings. The number of anilines is 1. The Morgan fingerprint density at radius 2 is 1.70 bits per heavy atom. The van der Waals surface area contributed by atoms with Crippen LogP contribution in [-0.4, -0.2) is 31.7 Å². The Hall–Kier alpha value is -1.38. The van der Waals surface area contributed by atoms with Gasteiger partial charge in [-0.05, 0) is 49.2 Å². The van der Waals surface area contributed by atoms with Crippen molar-refractivity contribution in [1.82, 2.24) is 4.98 Å². The highest BCUT2D eigenvalue weighted by Crippen LogP contribution is 2.34. The van der Waals surface area contributed by atoms with Gasteiger partial charge in [0, 0.05) is 34.1 Å². The Balaban J connectivity index is 1.48. The largest absolute Gasteiger partial charge is 0.348 e. The monoisotopic (exact) mass is 504 g/mol. The smallest absolute Gasteiger partial charge is 0.185 e. The molecule has 2 aromatic carbocycles. The molecule has 0 N–H and O–H groups in total.